The van der Waals surface area contributed by atoms with E-state index in [4.69, 9.17) is 4.74 Å². The average Bonchev–Trinajstić information content (AvgIpc) is 2.49. The van der Waals surface area contributed by atoms with Gasteiger partial charge in [0.15, 0.2) is 6.23 Å². The Morgan fingerprint density at radius 2 is 1.91 bits per heavy atom. The van der Waals surface area contributed by atoms with Crippen molar-refractivity contribution in [2.75, 3.05) is 0 Å². The molecule has 0 bridgehead atoms. The van der Waals surface area contributed by atoms with Crippen molar-refractivity contribution in [1.82, 2.24) is 10.6 Å². The van der Waals surface area contributed by atoms with Gasteiger partial charge in [-0.15, -0.1) is 0 Å². The molecule has 0 aromatic heterocycles. The number of phenols is 1. The van der Waals surface area contributed by atoms with Crippen molar-refractivity contribution in [3.05, 3.63) is 58.6 Å². The number of nitrogens with one attached hydrogen (secondary N) is 2. The highest BCUT2D eigenvalue weighted by Gasteiger charge is 2.08. The fourth-order valence-corrected chi connectivity index (χ4v) is 2.24. The molecule has 2 aromatic rings. The Morgan fingerprint density at radius 1 is 1.23 bits per heavy atom. The minimum Gasteiger partial charge on any atom is -0.508 e. The number of carbonyl (C=O) groups is 1. The van der Waals surface area contributed by atoms with Gasteiger partial charge >= 0.3 is 6.03 Å². The molecule has 0 fully saturated rings. The van der Waals surface area contributed by atoms with Crippen LogP contribution in [0.3, 0.4) is 0 Å². The fourth-order valence-electron chi connectivity index (χ4n) is 1.81. The SMILES string of the molecule is CC(NC(=O)NCc1ccccc1Br)Oc1ccc(O)cc1. The highest BCUT2D eigenvalue weighted by atomic mass is 79.9. The van der Waals surface area contributed by atoms with Crippen LogP contribution >= 0.6 is 15.9 Å². The largest absolute Gasteiger partial charge is 0.508 e. The number of ether oxygens (including phenoxy) is 1. The molecule has 0 saturated heterocycles. The van der Waals surface area contributed by atoms with E-state index < -0.39 is 6.23 Å². The number of hydrogen-bond acceptors (Lipinski definition) is 3. The minimum absolute atomic E-state index is 0.166. The van der Waals surface area contributed by atoms with Crippen LogP contribution in [0.15, 0.2) is 53.0 Å². The Kier molecular flexibility index (Phi) is 5.66. The predicted molar refractivity (Wildman–Crippen MR) is 87.7 cm³/mol. The number of amides is 2. The van der Waals surface area contributed by atoms with Crippen molar-refractivity contribution < 1.29 is 14.6 Å². The van der Waals surface area contributed by atoms with Gasteiger partial charge in [0.1, 0.15) is 11.5 Å². The molecule has 0 heterocycles. The van der Waals surface area contributed by atoms with Crippen LogP contribution in [-0.4, -0.2) is 17.4 Å². The third-order valence-corrected chi connectivity index (χ3v) is 3.65. The molecule has 2 rings (SSSR count). The molecule has 0 radical (unpaired) electrons. The standard InChI is InChI=1S/C16H17BrN2O3/c1-11(22-14-8-6-13(20)7-9-14)19-16(21)18-10-12-4-2-3-5-15(12)17/h2-9,11,20H,10H2,1H3,(H2,18,19,21). The summed E-state index contributed by atoms with van der Waals surface area (Å²) in [7, 11) is 0. The Hall–Kier alpha value is -2.21. The second-order valence-electron chi connectivity index (χ2n) is 4.67. The molecule has 5 nitrogen and oxygen atoms in total. The number of hydrogen-bond donors (Lipinski definition) is 3. The Morgan fingerprint density at radius 3 is 2.59 bits per heavy atom. The lowest BCUT2D eigenvalue weighted by atomic mass is 10.2. The lowest BCUT2D eigenvalue weighted by molar-refractivity contribution is 0.177. The number of urea groups is 1. The third kappa shape index (κ3) is 4.96. The highest BCUT2D eigenvalue weighted by molar-refractivity contribution is 9.10. The van der Waals surface area contributed by atoms with Gasteiger partial charge in [0.05, 0.1) is 0 Å². The molecule has 6 heteroatoms. The number of phenolic OH excluding ortho intramolecular Hbond substituents is 1. The molecule has 0 aliphatic carbocycles. The van der Waals surface area contributed by atoms with Gasteiger partial charge in [-0.25, -0.2) is 4.79 Å². The maximum atomic E-state index is 11.8. The number of rotatable bonds is 5. The predicted octanol–water partition coefficient (Wildman–Crippen LogP) is 3.38. The van der Waals surface area contributed by atoms with Gasteiger partial charge in [-0.05, 0) is 42.8 Å². The summed E-state index contributed by atoms with van der Waals surface area (Å²) in [5.41, 5.74) is 0.991. The van der Waals surface area contributed by atoms with E-state index in [1.807, 2.05) is 24.3 Å². The topological polar surface area (TPSA) is 70.6 Å². The highest BCUT2D eigenvalue weighted by Crippen LogP contribution is 2.17. The van der Waals surface area contributed by atoms with E-state index in [9.17, 15) is 9.90 Å². The van der Waals surface area contributed by atoms with E-state index in [1.165, 1.54) is 12.1 Å². The average molecular weight is 365 g/mol. The molecule has 1 unspecified atom stereocenters. The summed E-state index contributed by atoms with van der Waals surface area (Å²) in [6, 6.07) is 13.7. The van der Waals surface area contributed by atoms with Crippen LogP contribution in [0.1, 0.15) is 12.5 Å². The summed E-state index contributed by atoms with van der Waals surface area (Å²) in [6.45, 7) is 2.14. The van der Waals surface area contributed by atoms with E-state index in [0.717, 1.165) is 10.0 Å². The third-order valence-electron chi connectivity index (χ3n) is 2.88. The maximum Gasteiger partial charge on any atom is 0.317 e. The van der Waals surface area contributed by atoms with Crippen molar-refractivity contribution in [3.8, 4) is 11.5 Å². The first kappa shape index (κ1) is 16.2. The first-order valence-corrected chi connectivity index (χ1v) is 7.57. The molecule has 3 N–H and O–H groups in total. The fraction of sp³-hybridized carbons (Fsp3) is 0.188. The summed E-state index contributed by atoms with van der Waals surface area (Å²) in [6.07, 6.45) is -0.497. The number of aromatic hydroxyl groups is 1. The first-order valence-electron chi connectivity index (χ1n) is 6.78. The summed E-state index contributed by atoms with van der Waals surface area (Å²) < 4.78 is 6.47. The summed E-state index contributed by atoms with van der Waals surface area (Å²) in [5, 5.41) is 14.6. The molecule has 1 atom stereocenters. The molecule has 0 aliphatic heterocycles. The lowest BCUT2D eigenvalue weighted by Gasteiger charge is -2.17. The van der Waals surface area contributed by atoms with E-state index in [1.54, 1.807) is 19.1 Å². The molecular weight excluding hydrogens is 348 g/mol. The normalized spacial score (nSPS) is 11.5. The minimum atomic E-state index is -0.497. The van der Waals surface area contributed by atoms with Crippen LogP contribution < -0.4 is 15.4 Å². The van der Waals surface area contributed by atoms with E-state index >= 15 is 0 Å². The van der Waals surface area contributed by atoms with Crippen molar-refractivity contribution in [2.45, 2.75) is 19.7 Å². The van der Waals surface area contributed by atoms with E-state index in [0.29, 0.717) is 12.3 Å². The molecule has 22 heavy (non-hydrogen) atoms. The smallest absolute Gasteiger partial charge is 0.317 e. The van der Waals surface area contributed by atoms with E-state index in [-0.39, 0.29) is 11.8 Å². The number of carbonyl (C=O) groups excluding carboxylic acids is 1. The summed E-state index contributed by atoms with van der Waals surface area (Å²) in [4.78, 5) is 11.8. The molecule has 2 amide bonds. The molecule has 116 valence electrons. The van der Waals surface area contributed by atoms with Crippen molar-refractivity contribution in [1.29, 1.82) is 0 Å². The van der Waals surface area contributed by atoms with Gasteiger partial charge in [0.2, 0.25) is 0 Å². The summed E-state index contributed by atoms with van der Waals surface area (Å²) in [5.74, 6) is 0.732. The number of benzene rings is 2. The van der Waals surface area contributed by atoms with Gasteiger partial charge in [-0.1, -0.05) is 34.1 Å². The Labute approximate surface area is 137 Å². The van der Waals surface area contributed by atoms with Crippen LogP contribution in [0.2, 0.25) is 0 Å². The first-order chi connectivity index (χ1) is 10.5. The monoisotopic (exact) mass is 364 g/mol. The van der Waals surface area contributed by atoms with Crippen LogP contribution in [0, 0.1) is 0 Å². The molecular formula is C16H17BrN2O3. The van der Waals surface area contributed by atoms with Gasteiger partial charge in [0.25, 0.3) is 0 Å². The van der Waals surface area contributed by atoms with Crippen molar-refractivity contribution in [3.63, 3.8) is 0 Å². The van der Waals surface area contributed by atoms with Crippen LogP contribution in [0.25, 0.3) is 0 Å². The van der Waals surface area contributed by atoms with E-state index in [2.05, 4.69) is 26.6 Å². The lowest BCUT2D eigenvalue weighted by Crippen LogP contribution is -2.43. The number of halogens is 1. The Bertz CT molecular complexity index is 632. The van der Waals surface area contributed by atoms with Gasteiger partial charge in [-0.2, -0.15) is 0 Å². The zero-order valence-corrected chi connectivity index (χ0v) is 13.6. The quantitative estimate of drug-likeness (QED) is 0.712. The molecule has 2 aromatic carbocycles. The van der Waals surface area contributed by atoms with Gasteiger partial charge in [-0.3, -0.25) is 0 Å². The summed E-state index contributed by atoms with van der Waals surface area (Å²) >= 11 is 3.43. The van der Waals surface area contributed by atoms with Crippen LogP contribution in [0.5, 0.6) is 11.5 Å². The van der Waals surface area contributed by atoms with Gasteiger partial charge < -0.3 is 20.5 Å². The Balaban J connectivity index is 1.79. The van der Waals surface area contributed by atoms with Crippen LogP contribution in [0.4, 0.5) is 4.79 Å². The maximum absolute atomic E-state index is 11.8. The molecule has 0 saturated carbocycles. The zero-order chi connectivity index (χ0) is 15.9. The van der Waals surface area contributed by atoms with Crippen molar-refractivity contribution >= 4 is 22.0 Å². The second kappa shape index (κ2) is 7.70. The second-order valence-corrected chi connectivity index (χ2v) is 5.53. The van der Waals surface area contributed by atoms with Gasteiger partial charge in [0, 0.05) is 11.0 Å². The van der Waals surface area contributed by atoms with Crippen LogP contribution in [-0.2, 0) is 6.54 Å². The molecule has 0 spiro atoms. The van der Waals surface area contributed by atoms with Crippen molar-refractivity contribution in [2.24, 2.45) is 0 Å². The molecule has 0 aliphatic rings. The zero-order valence-electron chi connectivity index (χ0n) is 12.0.